The molecule has 2 N–H and O–H groups in total. The largest absolute Gasteiger partial charge is 0.444 e. The zero-order chi connectivity index (χ0) is 32.5. The number of aromatic nitrogens is 4. The molecule has 2 aromatic heterocycles. The van der Waals surface area contributed by atoms with Crippen molar-refractivity contribution in [3.8, 4) is 11.4 Å². The van der Waals surface area contributed by atoms with Crippen molar-refractivity contribution in [1.29, 1.82) is 0 Å². The van der Waals surface area contributed by atoms with E-state index in [0.29, 0.717) is 5.56 Å². The number of nitrogens with one attached hydrogen (secondary N) is 2. The molecule has 1 unspecified atom stereocenters. The molecule has 46 heavy (non-hydrogen) atoms. The number of nitrogens with zero attached hydrogens (tertiary/aromatic N) is 4. The van der Waals surface area contributed by atoms with Gasteiger partial charge in [-0.1, -0.05) is 87.4 Å². The average molecular weight is 629 g/mol. The molecule has 1 saturated carbocycles. The molecule has 4 aromatic rings. The topological polar surface area (TPSA) is 168 Å². The quantitative estimate of drug-likeness (QED) is 0.201. The van der Waals surface area contributed by atoms with E-state index in [0.717, 1.165) is 35.8 Å². The van der Waals surface area contributed by atoms with Crippen LogP contribution in [0.3, 0.4) is 0 Å². The molecule has 1 fully saturated rings. The predicted molar refractivity (Wildman–Crippen MR) is 167 cm³/mol. The Labute approximate surface area is 265 Å². The first-order valence-electron chi connectivity index (χ1n) is 15.2. The number of anilines is 1. The van der Waals surface area contributed by atoms with Gasteiger partial charge >= 0.3 is 6.09 Å². The van der Waals surface area contributed by atoms with Gasteiger partial charge < -0.3 is 19.2 Å². The summed E-state index contributed by atoms with van der Waals surface area (Å²) in [5.74, 6) is -1.42. The molecule has 13 nitrogen and oxygen atoms in total. The third-order valence-corrected chi connectivity index (χ3v) is 7.52. The number of carbonyl (C=O) groups excluding carboxylic acids is 3. The number of Topliss-reactive ketones (excluding diaryl/α,β-unsaturated/α-hetero) is 1. The van der Waals surface area contributed by atoms with Crippen LogP contribution in [0.2, 0.25) is 0 Å². The number of hydrogen-bond acceptors (Lipinski definition) is 10. The van der Waals surface area contributed by atoms with Crippen LogP contribution in [0.25, 0.3) is 11.4 Å². The van der Waals surface area contributed by atoms with Crippen molar-refractivity contribution in [3.05, 3.63) is 94.6 Å². The highest BCUT2D eigenvalue weighted by atomic mass is 16.5. The molecule has 0 aliphatic heterocycles. The summed E-state index contributed by atoms with van der Waals surface area (Å²) in [5.41, 5.74) is 0.477. The zero-order valence-electron chi connectivity index (χ0n) is 25.7. The third-order valence-electron chi connectivity index (χ3n) is 7.52. The molecule has 0 bridgehead atoms. The van der Waals surface area contributed by atoms with Gasteiger partial charge in [0.1, 0.15) is 31.3 Å². The van der Waals surface area contributed by atoms with E-state index in [4.69, 9.17) is 13.9 Å². The summed E-state index contributed by atoms with van der Waals surface area (Å²) in [4.78, 5) is 57.2. The molecular weight excluding hydrogens is 592 g/mol. The van der Waals surface area contributed by atoms with Crippen LogP contribution in [0.5, 0.6) is 0 Å². The standard InChI is InChI=1S/C33H36N6O7/c1-21(2)28(29(41)31-38-37-27(46-31)20-44-24-15-9-10-16-24)36-26(40)18-39-30(23-13-7-4-8-14-23)34-17-25(32(39)42)35-33(43)45-19-22-11-5-3-6-12-22/h3-8,11-14,17,21,24,28H,9-10,15-16,18-20H2,1-2H3,(H,35,43)(H,36,40). The summed E-state index contributed by atoms with van der Waals surface area (Å²) in [6, 6.07) is 16.9. The maximum atomic E-state index is 13.6. The van der Waals surface area contributed by atoms with Crippen molar-refractivity contribution in [2.24, 2.45) is 5.92 Å². The highest BCUT2D eigenvalue weighted by Gasteiger charge is 2.30. The lowest BCUT2D eigenvalue weighted by Gasteiger charge is -2.20. The minimum absolute atomic E-state index is 0.00149. The second-order valence-corrected chi connectivity index (χ2v) is 11.3. The summed E-state index contributed by atoms with van der Waals surface area (Å²) < 4.78 is 17.7. The number of ether oxygens (including phenoxy) is 2. The van der Waals surface area contributed by atoms with Gasteiger partial charge in [0, 0.05) is 5.56 Å². The lowest BCUT2D eigenvalue weighted by atomic mass is 9.99. The first kappa shape index (κ1) is 32.2. The average Bonchev–Trinajstić information content (AvgIpc) is 3.77. The van der Waals surface area contributed by atoms with Crippen molar-refractivity contribution in [3.63, 3.8) is 0 Å². The van der Waals surface area contributed by atoms with Gasteiger partial charge in [0.05, 0.1) is 18.3 Å². The van der Waals surface area contributed by atoms with Gasteiger partial charge in [0.25, 0.3) is 11.4 Å². The normalized spacial score (nSPS) is 13.8. The highest BCUT2D eigenvalue weighted by Crippen LogP contribution is 2.22. The van der Waals surface area contributed by atoms with Gasteiger partial charge in [-0.2, -0.15) is 0 Å². The first-order chi connectivity index (χ1) is 22.3. The van der Waals surface area contributed by atoms with Crippen molar-refractivity contribution in [2.75, 3.05) is 5.32 Å². The summed E-state index contributed by atoms with van der Waals surface area (Å²) in [5, 5.41) is 12.9. The molecular formula is C33H36N6O7. The molecule has 0 radical (unpaired) electrons. The van der Waals surface area contributed by atoms with E-state index in [9.17, 15) is 19.2 Å². The van der Waals surface area contributed by atoms with E-state index in [-0.39, 0.29) is 48.5 Å². The minimum Gasteiger partial charge on any atom is -0.444 e. The molecule has 2 aromatic carbocycles. The fourth-order valence-electron chi connectivity index (χ4n) is 5.10. The van der Waals surface area contributed by atoms with E-state index in [1.165, 1.54) is 6.20 Å². The van der Waals surface area contributed by atoms with Crippen LogP contribution in [0.4, 0.5) is 10.5 Å². The Balaban J connectivity index is 1.30. The van der Waals surface area contributed by atoms with Gasteiger partial charge in [-0.3, -0.25) is 24.3 Å². The van der Waals surface area contributed by atoms with Crippen molar-refractivity contribution < 1.29 is 28.3 Å². The Morgan fingerprint density at radius 3 is 2.37 bits per heavy atom. The van der Waals surface area contributed by atoms with Crippen LogP contribution in [0, 0.1) is 5.92 Å². The summed E-state index contributed by atoms with van der Waals surface area (Å²) >= 11 is 0. The third kappa shape index (κ3) is 8.30. The highest BCUT2D eigenvalue weighted by molar-refractivity contribution is 5.98. The Bertz CT molecular complexity index is 1700. The second-order valence-electron chi connectivity index (χ2n) is 11.3. The van der Waals surface area contributed by atoms with Gasteiger partial charge in [-0.05, 0) is 24.3 Å². The molecule has 0 spiro atoms. The molecule has 5 rings (SSSR count). The lowest BCUT2D eigenvalue weighted by Crippen LogP contribution is -2.46. The van der Waals surface area contributed by atoms with Crippen LogP contribution < -0.4 is 16.2 Å². The van der Waals surface area contributed by atoms with Crippen molar-refractivity contribution in [1.82, 2.24) is 25.1 Å². The number of amides is 2. The van der Waals surface area contributed by atoms with Crippen LogP contribution >= 0.6 is 0 Å². The smallest absolute Gasteiger partial charge is 0.412 e. The molecule has 2 amide bonds. The fourth-order valence-corrected chi connectivity index (χ4v) is 5.10. The SMILES string of the molecule is CC(C)C(NC(=O)Cn1c(-c2ccccc2)ncc(NC(=O)OCc2ccccc2)c1=O)C(=O)c1nnc(COC2CCCC2)o1. The van der Waals surface area contributed by atoms with E-state index in [1.807, 2.05) is 18.2 Å². The second kappa shape index (κ2) is 15.2. The van der Waals surface area contributed by atoms with E-state index < -0.39 is 35.9 Å². The Hall–Kier alpha value is -5.17. The lowest BCUT2D eigenvalue weighted by molar-refractivity contribution is -0.122. The Morgan fingerprint density at radius 2 is 1.67 bits per heavy atom. The maximum absolute atomic E-state index is 13.6. The fraction of sp³-hybridized carbons (Fsp3) is 0.364. The molecule has 0 saturated heterocycles. The first-order valence-corrected chi connectivity index (χ1v) is 15.2. The maximum Gasteiger partial charge on any atom is 0.412 e. The van der Waals surface area contributed by atoms with E-state index >= 15 is 0 Å². The van der Waals surface area contributed by atoms with Gasteiger partial charge in [0.15, 0.2) is 0 Å². The van der Waals surface area contributed by atoms with E-state index in [1.54, 1.807) is 56.3 Å². The van der Waals surface area contributed by atoms with Crippen LogP contribution in [-0.4, -0.2) is 49.7 Å². The Kier molecular flexibility index (Phi) is 10.7. The zero-order valence-corrected chi connectivity index (χ0v) is 25.7. The Morgan fingerprint density at radius 1 is 0.978 bits per heavy atom. The van der Waals surface area contributed by atoms with Crippen molar-refractivity contribution >= 4 is 23.5 Å². The van der Waals surface area contributed by atoms with Crippen LogP contribution in [0.1, 0.15) is 61.7 Å². The number of benzene rings is 2. The minimum atomic E-state index is -1.02. The summed E-state index contributed by atoms with van der Waals surface area (Å²) in [7, 11) is 0. The number of hydrogen-bond donors (Lipinski definition) is 2. The van der Waals surface area contributed by atoms with Gasteiger partial charge in [-0.15, -0.1) is 10.2 Å². The van der Waals surface area contributed by atoms with Gasteiger partial charge in [-0.25, -0.2) is 9.78 Å². The van der Waals surface area contributed by atoms with Crippen LogP contribution in [0.15, 0.2) is 76.1 Å². The van der Waals surface area contributed by atoms with Gasteiger partial charge in [0.2, 0.25) is 17.6 Å². The summed E-state index contributed by atoms with van der Waals surface area (Å²) in [6.07, 6.45) is 4.68. The van der Waals surface area contributed by atoms with Crippen LogP contribution in [-0.2, 0) is 34.0 Å². The monoisotopic (exact) mass is 628 g/mol. The predicted octanol–water partition coefficient (Wildman–Crippen LogP) is 4.52. The number of ketones is 1. The molecule has 1 aliphatic carbocycles. The molecule has 2 heterocycles. The summed E-state index contributed by atoms with van der Waals surface area (Å²) in [6.45, 7) is 3.13. The number of rotatable bonds is 13. The van der Waals surface area contributed by atoms with Crippen molar-refractivity contribution in [2.45, 2.75) is 71.4 Å². The molecule has 13 heteroatoms. The molecule has 1 aliphatic rings. The molecule has 240 valence electrons. The number of carbonyl (C=O) groups is 3. The van der Waals surface area contributed by atoms with E-state index in [2.05, 4.69) is 25.8 Å². The molecule has 1 atom stereocenters.